The summed E-state index contributed by atoms with van der Waals surface area (Å²) in [4.78, 5) is 21.4. The molecule has 184 valence electrons. The molecule has 0 bridgehead atoms. The highest BCUT2D eigenvalue weighted by Crippen LogP contribution is 2.41. The molecule has 2 fully saturated rings. The number of nitrogens with one attached hydrogen (secondary N) is 2. The summed E-state index contributed by atoms with van der Waals surface area (Å²) < 4.78 is 6.13. The lowest BCUT2D eigenvalue weighted by Gasteiger charge is -2.45. The molecule has 0 saturated carbocycles. The average molecular weight is 492 g/mol. The highest BCUT2D eigenvalue weighted by Gasteiger charge is 2.36. The highest BCUT2D eigenvalue weighted by molar-refractivity contribution is 7.21. The Morgan fingerprint density at radius 3 is 2.80 bits per heavy atom. The number of ether oxygens (including phenoxy) is 1. The first-order chi connectivity index (χ1) is 17.0. The van der Waals surface area contributed by atoms with Crippen LogP contribution in [0.1, 0.15) is 46.6 Å². The number of hydrogen-bond donors (Lipinski definition) is 3. The van der Waals surface area contributed by atoms with Crippen LogP contribution >= 0.6 is 11.3 Å². The minimum absolute atomic E-state index is 0.0880. The number of piperidine rings is 2. The van der Waals surface area contributed by atoms with Gasteiger partial charge in [-0.1, -0.05) is 6.07 Å². The van der Waals surface area contributed by atoms with Gasteiger partial charge in [0.15, 0.2) is 0 Å². The second-order valence-electron chi connectivity index (χ2n) is 10.4. The number of pyridine rings is 1. The van der Waals surface area contributed by atoms with E-state index < -0.39 is 0 Å². The normalized spacial score (nSPS) is 21.5. The Morgan fingerprint density at radius 1 is 1.20 bits per heavy atom. The molecule has 2 aromatic heterocycles. The number of nitrogens with zero attached hydrogens (tertiary/aromatic N) is 2. The molecule has 1 amide bonds. The van der Waals surface area contributed by atoms with Gasteiger partial charge in [-0.05, 0) is 81.3 Å². The van der Waals surface area contributed by atoms with Crippen LogP contribution in [-0.2, 0) is 6.42 Å². The monoisotopic (exact) mass is 491 g/mol. The van der Waals surface area contributed by atoms with Crippen molar-refractivity contribution in [3.8, 4) is 5.75 Å². The molecule has 0 aliphatic carbocycles. The van der Waals surface area contributed by atoms with Crippen LogP contribution in [0.25, 0.3) is 10.2 Å². The minimum atomic E-state index is -0.156. The fourth-order valence-electron chi connectivity index (χ4n) is 5.86. The lowest BCUT2D eigenvalue weighted by atomic mass is 9.71. The largest absolute Gasteiger partial charge is 0.491 e. The number of fused-ring (bicyclic) bond motifs is 2. The van der Waals surface area contributed by atoms with Gasteiger partial charge >= 0.3 is 0 Å². The van der Waals surface area contributed by atoms with E-state index in [1.54, 1.807) is 0 Å². The number of nitrogen functional groups attached to an aromatic ring is 1. The molecule has 3 aliphatic rings. The summed E-state index contributed by atoms with van der Waals surface area (Å²) in [6.07, 6.45) is 5.92. The molecular weight excluding hydrogens is 458 g/mol. The number of carbonyl (C=O) groups excluding carboxylic acids is 1. The number of carbonyl (C=O) groups is 1. The predicted octanol–water partition coefficient (Wildman–Crippen LogP) is 3.89. The smallest absolute Gasteiger partial charge is 0.263 e. The summed E-state index contributed by atoms with van der Waals surface area (Å²) >= 11 is 1.35. The maximum absolute atomic E-state index is 13.0. The van der Waals surface area contributed by atoms with Gasteiger partial charge < -0.3 is 26.0 Å². The molecule has 5 heterocycles. The lowest BCUT2D eigenvalue weighted by Crippen LogP contribution is -2.45. The molecule has 35 heavy (non-hydrogen) atoms. The van der Waals surface area contributed by atoms with Crippen LogP contribution in [0.2, 0.25) is 0 Å². The van der Waals surface area contributed by atoms with Crippen molar-refractivity contribution in [2.24, 2.45) is 5.41 Å². The Labute approximate surface area is 210 Å². The first-order valence-corrected chi connectivity index (χ1v) is 13.5. The van der Waals surface area contributed by atoms with Gasteiger partial charge in [-0.25, -0.2) is 4.98 Å². The lowest BCUT2D eigenvalue weighted by molar-refractivity contribution is 0.0920. The van der Waals surface area contributed by atoms with Gasteiger partial charge in [0.2, 0.25) is 0 Å². The van der Waals surface area contributed by atoms with Crippen LogP contribution in [0.15, 0.2) is 30.3 Å². The second kappa shape index (κ2) is 8.99. The van der Waals surface area contributed by atoms with Crippen molar-refractivity contribution in [3.63, 3.8) is 0 Å². The molecule has 3 aromatic rings. The number of hydrogen-bond acceptors (Lipinski definition) is 7. The van der Waals surface area contributed by atoms with Crippen LogP contribution in [-0.4, -0.2) is 49.7 Å². The van der Waals surface area contributed by atoms with Crippen molar-refractivity contribution in [2.45, 2.75) is 45.1 Å². The molecule has 1 spiro atoms. The van der Waals surface area contributed by atoms with E-state index in [1.165, 1.54) is 42.7 Å². The van der Waals surface area contributed by atoms with Crippen molar-refractivity contribution in [1.82, 2.24) is 15.6 Å². The van der Waals surface area contributed by atoms with Gasteiger partial charge in [-0.15, -0.1) is 11.3 Å². The number of nitrogens with two attached hydrogens (primary N) is 1. The van der Waals surface area contributed by atoms with E-state index in [0.717, 1.165) is 59.8 Å². The topological polar surface area (TPSA) is 92.5 Å². The van der Waals surface area contributed by atoms with E-state index in [-0.39, 0.29) is 11.9 Å². The molecule has 3 aliphatic heterocycles. The molecule has 4 N–H and O–H groups in total. The Bertz CT molecular complexity index is 1260. The molecule has 0 radical (unpaired) electrons. The number of benzene rings is 1. The average Bonchev–Trinajstić information content (AvgIpc) is 3.20. The number of thiophene rings is 1. The molecule has 7 nitrogen and oxygen atoms in total. The van der Waals surface area contributed by atoms with E-state index in [9.17, 15) is 4.79 Å². The Balaban J connectivity index is 1.10. The Morgan fingerprint density at radius 2 is 2.00 bits per heavy atom. The van der Waals surface area contributed by atoms with Crippen molar-refractivity contribution in [2.75, 3.05) is 43.4 Å². The summed E-state index contributed by atoms with van der Waals surface area (Å²) in [6.45, 7) is 6.95. The molecule has 0 unspecified atom stereocenters. The fourth-order valence-corrected chi connectivity index (χ4v) is 6.90. The van der Waals surface area contributed by atoms with Crippen molar-refractivity contribution in [3.05, 3.63) is 46.5 Å². The third-order valence-corrected chi connectivity index (χ3v) is 9.20. The second-order valence-corrected chi connectivity index (χ2v) is 11.4. The van der Waals surface area contributed by atoms with Gasteiger partial charge in [-0.3, -0.25) is 4.79 Å². The van der Waals surface area contributed by atoms with Crippen molar-refractivity contribution >= 4 is 38.8 Å². The van der Waals surface area contributed by atoms with Gasteiger partial charge in [0, 0.05) is 35.9 Å². The molecule has 6 rings (SSSR count). The van der Waals surface area contributed by atoms with Crippen LogP contribution in [0.5, 0.6) is 5.75 Å². The van der Waals surface area contributed by atoms with Crippen LogP contribution in [0.3, 0.4) is 0 Å². The summed E-state index contributed by atoms with van der Waals surface area (Å²) in [7, 11) is 0. The number of aromatic nitrogens is 1. The predicted molar refractivity (Wildman–Crippen MR) is 142 cm³/mol. The van der Waals surface area contributed by atoms with Crippen molar-refractivity contribution in [1.29, 1.82) is 0 Å². The zero-order valence-corrected chi connectivity index (χ0v) is 21.0. The first kappa shape index (κ1) is 22.6. The van der Waals surface area contributed by atoms with Gasteiger partial charge in [0.25, 0.3) is 5.91 Å². The van der Waals surface area contributed by atoms with Gasteiger partial charge in [-0.2, -0.15) is 0 Å². The number of amides is 1. The third-order valence-electron chi connectivity index (χ3n) is 8.09. The first-order valence-electron chi connectivity index (χ1n) is 12.7. The highest BCUT2D eigenvalue weighted by atomic mass is 32.1. The molecule has 8 heteroatoms. The van der Waals surface area contributed by atoms with E-state index in [2.05, 4.69) is 38.7 Å². The maximum Gasteiger partial charge on any atom is 0.263 e. The summed E-state index contributed by atoms with van der Waals surface area (Å²) in [5.41, 5.74) is 10.6. The minimum Gasteiger partial charge on any atom is -0.491 e. The van der Waals surface area contributed by atoms with Gasteiger partial charge in [0.05, 0.1) is 11.7 Å². The zero-order chi connectivity index (χ0) is 24.0. The summed E-state index contributed by atoms with van der Waals surface area (Å²) in [6, 6.07) is 10.3. The standard InChI is InChI=1S/C27H33N5O2S/c1-17-2-5-21-23(28)24(35-26(21)30-17)25(33)31-19-14-18-3-4-20(15-22(18)34-16-19)32-12-8-27(9-13-32)6-10-29-11-7-27/h2-5,15,19,29H,6-14,16,28H2,1H3,(H,31,33)/t19-/m1/s1. The quantitative estimate of drug-likeness (QED) is 0.515. The zero-order valence-electron chi connectivity index (χ0n) is 20.2. The van der Waals surface area contributed by atoms with E-state index in [4.69, 9.17) is 10.5 Å². The van der Waals surface area contributed by atoms with Crippen molar-refractivity contribution < 1.29 is 9.53 Å². The molecule has 1 aromatic carbocycles. The molecular formula is C27H33N5O2S. The summed E-state index contributed by atoms with van der Waals surface area (Å²) in [5, 5.41) is 7.47. The van der Waals surface area contributed by atoms with Crippen LogP contribution in [0.4, 0.5) is 11.4 Å². The number of aryl methyl sites for hydroxylation is 1. The maximum atomic E-state index is 13.0. The third kappa shape index (κ3) is 4.34. The van der Waals surface area contributed by atoms with Crippen LogP contribution < -0.4 is 26.0 Å². The van der Waals surface area contributed by atoms with Gasteiger partial charge in [0.1, 0.15) is 22.1 Å². The fraction of sp³-hybridized carbons (Fsp3) is 0.481. The Hall–Kier alpha value is -2.84. The summed E-state index contributed by atoms with van der Waals surface area (Å²) in [5.74, 6) is 0.785. The molecule has 1 atom stereocenters. The molecule has 2 saturated heterocycles. The van der Waals surface area contributed by atoms with E-state index in [0.29, 0.717) is 22.6 Å². The van der Waals surface area contributed by atoms with Crippen LogP contribution in [0, 0.1) is 12.3 Å². The Kier molecular flexibility index (Phi) is 5.81. The SMILES string of the molecule is Cc1ccc2c(N)c(C(=O)N[C@H]3COc4cc(N5CCC6(CCNCC6)CC5)ccc4C3)sc2n1. The number of rotatable bonds is 3. The van der Waals surface area contributed by atoms with E-state index in [1.807, 2.05) is 19.1 Å². The van der Waals surface area contributed by atoms with E-state index >= 15 is 0 Å². The number of anilines is 2.